The Morgan fingerprint density at radius 2 is 1.00 bits per heavy atom. The van der Waals surface area contributed by atoms with E-state index >= 15 is 0 Å². The number of aromatic nitrogens is 3. The largest absolute Gasteiger partial charge is 0.309 e. The Hall–Kier alpha value is -3.20. The number of pyridine rings is 2. The predicted molar refractivity (Wildman–Crippen MR) is 92.2 cm³/mol. The Morgan fingerprint density at radius 3 is 1.48 bits per heavy atom. The summed E-state index contributed by atoms with van der Waals surface area (Å²) in [6.07, 6.45) is 7.29. The third-order valence-corrected chi connectivity index (χ3v) is 3.85. The Kier molecular flexibility index (Phi) is 3.45. The van der Waals surface area contributed by atoms with E-state index in [0.717, 1.165) is 28.2 Å². The van der Waals surface area contributed by atoms with Crippen LogP contribution in [-0.4, -0.2) is 14.5 Å². The molecular weight excluding hydrogens is 282 g/mol. The average molecular weight is 297 g/mol. The van der Waals surface area contributed by atoms with Gasteiger partial charge < -0.3 is 4.57 Å². The van der Waals surface area contributed by atoms with Crippen LogP contribution >= 0.6 is 0 Å². The van der Waals surface area contributed by atoms with Gasteiger partial charge in [0, 0.05) is 41.6 Å². The SMILES string of the molecule is c1ccc(-n2c(-c3ccncc3)ccc2-c2ccncc2)cc1. The first-order valence-electron chi connectivity index (χ1n) is 7.51. The van der Waals surface area contributed by atoms with Crippen molar-refractivity contribution < 1.29 is 0 Å². The summed E-state index contributed by atoms with van der Waals surface area (Å²) < 4.78 is 2.27. The highest BCUT2D eigenvalue weighted by Crippen LogP contribution is 2.31. The molecule has 0 spiro atoms. The molecule has 23 heavy (non-hydrogen) atoms. The lowest BCUT2D eigenvalue weighted by atomic mass is 10.2. The maximum absolute atomic E-state index is 4.12. The molecule has 3 aromatic heterocycles. The van der Waals surface area contributed by atoms with Crippen molar-refractivity contribution in [1.29, 1.82) is 0 Å². The molecule has 0 radical (unpaired) electrons. The van der Waals surface area contributed by atoms with Crippen molar-refractivity contribution in [3.63, 3.8) is 0 Å². The van der Waals surface area contributed by atoms with Gasteiger partial charge >= 0.3 is 0 Å². The molecule has 0 atom stereocenters. The molecule has 1 aromatic carbocycles. The molecule has 0 aliphatic carbocycles. The van der Waals surface area contributed by atoms with Crippen molar-refractivity contribution >= 4 is 0 Å². The van der Waals surface area contributed by atoms with Crippen molar-refractivity contribution in [2.45, 2.75) is 0 Å². The van der Waals surface area contributed by atoms with Crippen LogP contribution in [0, 0.1) is 0 Å². The number of nitrogens with zero attached hydrogens (tertiary/aromatic N) is 3. The number of para-hydroxylation sites is 1. The highest BCUT2D eigenvalue weighted by molar-refractivity contribution is 5.72. The van der Waals surface area contributed by atoms with Crippen molar-refractivity contribution in [2.75, 3.05) is 0 Å². The summed E-state index contributed by atoms with van der Waals surface area (Å²) in [5, 5.41) is 0. The lowest BCUT2D eigenvalue weighted by molar-refractivity contribution is 1.09. The van der Waals surface area contributed by atoms with Crippen LogP contribution in [0.2, 0.25) is 0 Å². The van der Waals surface area contributed by atoms with Crippen molar-refractivity contribution in [3.05, 3.63) is 91.5 Å². The van der Waals surface area contributed by atoms with Crippen LogP contribution in [0.1, 0.15) is 0 Å². The van der Waals surface area contributed by atoms with Gasteiger partial charge in [-0.1, -0.05) is 18.2 Å². The second-order valence-corrected chi connectivity index (χ2v) is 5.25. The second-order valence-electron chi connectivity index (χ2n) is 5.25. The van der Waals surface area contributed by atoms with E-state index in [1.807, 2.05) is 55.1 Å². The summed E-state index contributed by atoms with van der Waals surface area (Å²) in [5.41, 5.74) is 5.71. The standard InChI is InChI=1S/C20H15N3/c1-2-4-18(5-3-1)23-19(16-8-12-21-13-9-16)6-7-20(23)17-10-14-22-15-11-17/h1-15H. The zero-order valence-electron chi connectivity index (χ0n) is 12.5. The molecule has 0 bridgehead atoms. The first-order chi connectivity index (χ1) is 11.4. The van der Waals surface area contributed by atoms with Crippen LogP contribution in [-0.2, 0) is 0 Å². The fourth-order valence-corrected chi connectivity index (χ4v) is 2.79. The first kappa shape index (κ1) is 13.5. The van der Waals surface area contributed by atoms with E-state index in [0.29, 0.717) is 0 Å². The van der Waals surface area contributed by atoms with E-state index in [-0.39, 0.29) is 0 Å². The number of rotatable bonds is 3. The first-order valence-corrected chi connectivity index (χ1v) is 7.51. The van der Waals surface area contributed by atoms with E-state index in [1.54, 1.807) is 0 Å². The van der Waals surface area contributed by atoms with Crippen LogP contribution in [0.15, 0.2) is 91.5 Å². The molecule has 0 saturated carbocycles. The molecule has 4 aromatic rings. The lowest BCUT2D eigenvalue weighted by Crippen LogP contribution is -1.99. The molecular formula is C20H15N3. The Balaban J connectivity index is 1.97. The molecule has 4 rings (SSSR count). The summed E-state index contributed by atoms with van der Waals surface area (Å²) in [5.74, 6) is 0. The van der Waals surface area contributed by atoms with Gasteiger partial charge in [-0.15, -0.1) is 0 Å². The smallest absolute Gasteiger partial charge is 0.0536 e. The van der Waals surface area contributed by atoms with E-state index in [9.17, 15) is 0 Å². The summed E-state index contributed by atoms with van der Waals surface area (Å²) in [4.78, 5) is 8.24. The fourth-order valence-electron chi connectivity index (χ4n) is 2.79. The Bertz CT molecular complexity index is 841. The van der Waals surface area contributed by atoms with Gasteiger partial charge in [0.15, 0.2) is 0 Å². The van der Waals surface area contributed by atoms with Gasteiger partial charge in [0.05, 0.1) is 11.4 Å². The van der Waals surface area contributed by atoms with E-state index in [2.05, 4.69) is 50.9 Å². The van der Waals surface area contributed by atoms with Crippen LogP contribution in [0.5, 0.6) is 0 Å². The average Bonchev–Trinajstić information content (AvgIpc) is 3.09. The van der Waals surface area contributed by atoms with Gasteiger partial charge in [0.25, 0.3) is 0 Å². The van der Waals surface area contributed by atoms with E-state index in [4.69, 9.17) is 0 Å². The van der Waals surface area contributed by atoms with Gasteiger partial charge in [-0.3, -0.25) is 9.97 Å². The number of hydrogen-bond donors (Lipinski definition) is 0. The fraction of sp³-hybridized carbons (Fsp3) is 0. The minimum absolute atomic E-state index is 1.14. The molecule has 0 aliphatic rings. The van der Waals surface area contributed by atoms with Crippen LogP contribution in [0.25, 0.3) is 28.2 Å². The maximum Gasteiger partial charge on any atom is 0.0536 e. The van der Waals surface area contributed by atoms with Crippen LogP contribution in [0.3, 0.4) is 0 Å². The molecule has 0 aliphatic heterocycles. The minimum atomic E-state index is 1.14. The Labute approximate surface area is 134 Å². The Morgan fingerprint density at radius 1 is 0.522 bits per heavy atom. The lowest BCUT2D eigenvalue weighted by Gasteiger charge is -2.14. The molecule has 0 unspecified atom stereocenters. The predicted octanol–water partition coefficient (Wildman–Crippen LogP) is 4.60. The van der Waals surface area contributed by atoms with Gasteiger partial charge in [-0.05, 0) is 48.5 Å². The van der Waals surface area contributed by atoms with Crippen molar-refractivity contribution in [3.8, 4) is 28.2 Å². The molecule has 3 nitrogen and oxygen atoms in total. The van der Waals surface area contributed by atoms with Crippen molar-refractivity contribution in [2.24, 2.45) is 0 Å². The summed E-state index contributed by atoms with van der Waals surface area (Å²) in [6.45, 7) is 0. The maximum atomic E-state index is 4.12. The van der Waals surface area contributed by atoms with Crippen LogP contribution in [0.4, 0.5) is 0 Å². The zero-order valence-corrected chi connectivity index (χ0v) is 12.5. The van der Waals surface area contributed by atoms with Gasteiger partial charge in [0.2, 0.25) is 0 Å². The van der Waals surface area contributed by atoms with E-state index in [1.165, 1.54) is 0 Å². The summed E-state index contributed by atoms with van der Waals surface area (Å²) >= 11 is 0. The minimum Gasteiger partial charge on any atom is -0.309 e. The summed E-state index contributed by atoms with van der Waals surface area (Å²) in [6, 6.07) is 22.8. The zero-order chi connectivity index (χ0) is 15.5. The third-order valence-electron chi connectivity index (χ3n) is 3.85. The number of hydrogen-bond acceptors (Lipinski definition) is 2. The third kappa shape index (κ3) is 2.53. The van der Waals surface area contributed by atoms with Crippen molar-refractivity contribution in [1.82, 2.24) is 14.5 Å². The molecule has 110 valence electrons. The normalized spacial score (nSPS) is 10.6. The number of benzene rings is 1. The highest BCUT2D eigenvalue weighted by Gasteiger charge is 2.13. The highest BCUT2D eigenvalue weighted by atomic mass is 15.0. The molecule has 0 saturated heterocycles. The van der Waals surface area contributed by atoms with Gasteiger partial charge in [-0.25, -0.2) is 0 Å². The van der Waals surface area contributed by atoms with Crippen LogP contribution < -0.4 is 0 Å². The summed E-state index contributed by atoms with van der Waals surface area (Å²) in [7, 11) is 0. The molecule has 0 fully saturated rings. The second kappa shape index (κ2) is 5.89. The monoisotopic (exact) mass is 297 g/mol. The molecule has 3 heteroatoms. The topological polar surface area (TPSA) is 30.7 Å². The molecule has 3 heterocycles. The quantitative estimate of drug-likeness (QED) is 0.553. The molecule has 0 N–H and O–H groups in total. The van der Waals surface area contributed by atoms with Gasteiger partial charge in [-0.2, -0.15) is 0 Å². The van der Waals surface area contributed by atoms with E-state index < -0.39 is 0 Å². The van der Waals surface area contributed by atoms with Gasteiger partial charge in [0.1, 0.15) is 0 Å². The molecule has 0 amide bonds.